The first kappa shape index (κ1) is 11.0. The fourth-order valence-corrected chi connectivity index (χ4v) is 4.50. The maximum absolute atomic E-state index is 3.64. The second-order valence-corrected chi connectivity index (χ2v) is 6.46. The van der Waals surface area contributed by atoms with Crippen molar-refractivity contribution >= 4 is 0 Å². The highest BCUT2D eigenvalue weighted by Crippen LogP contribution is 2.69. The van der Waals surface area contributed by atoms with E-state index in [1.165, 1.54) is 6.54 Å². The first-order chi connectivity index (χ1) is 7.77. The zero-order valence-corrected chi connectivity index (χ0v) is 10.7. The van der Waals surface area contributed by atoms with Crippen LogP contribution in [-0.2, 0) is 0 Å². The van der Waals surface area contributed by atoms with E-state index in [0.717, 1.165) is 42.7 Å². The van der Waals surface area contributed by atoms with Crippen molar-refractivity contribution in [1.29, 1.82) is 0 Å². The summed E-state index contributed by atoms with van der Waals surface area (Å²) in [5.74, 6) is 5.62. The molecule has 3 aliphatic rings. The Morgan fingerprint density at radius 2 is 1.75 bits per heavy atom. The first-order valence-corrected chi connectivity index (χ1v) is 7.21. The molecule has 0 aliphatic heterocycles. The monoisotopic (exact) mass is 222 g/mol. The van der Waals surface area contributed by atoms with Crippen molar-refractivity contribution < 1.29 is 0 Å². The highest BCUT2D eigenvalue weighted by Gasteiger charge is 2.64. The van der Waals surface area contributed by atoms with Crippen LogP contribution in [0.25, 0.3) is 0 Å². The molecule has 0 aromatic carbocycles. The molecule has 0 aromatic rings. The molecule has 0 amide bonds. The quantitative estimate of drug-likeness (QED) is 0.670. The van der Waals surface area contributed by atoms with E-state index in [9.17, 15) is 0 Å². The van der Waals surface area contributed by atoms with E-state index >= 15 is 0 Å². The van der Waals surface area contributed by atoms with E-state index in [2.05, 4.69) is 24.5 Å². The molecule has 16 heavy (non-hydrogen) atoms. The summed E-state index contributed by atoms with van der Waals surface area (Å²) >= 11 is 0. The van der Waals surface area contributed by atoms with Gasteiger partial charge in [0, 0.05) is 19.1 Å². The van der Waals surface area contributed by atoms with Gasteiger partial charge in [0.1, 0.15) is 0 Å². The number of hydrogen-bond acceptors (Lipinski definition) is 2. The Kier molecular flexibility index (Phi) is 2.97. The van der Waals surface area contributed by atoms with Crippen molar-refractivity contribution in [3.8, 4) is 0 Å². The zero-order chi connectivity index (χ0) is 11.1. The third kappa shape index (κ3) is 1.91. The molecule has 3 saturated carbocycles. The molecule has 2 heteroatoms. The second-order valence-electron chi connectivity index (χ2n) is 6.46. The molecule has 4 atom stereocenters. The molecule has 0 saturated heterocycles. The van der Waals surface area contributed by atoms with Crippen LogP contribution >= 0.6 is 0 Å². The topological polar surface area (TPSA) is 24.1 Å². The van der Waals surface area contributed by atoms with Crippen LogP contribution in [0.2, 0.25) is 0 Å². The van der Waals surface area contributed by atoms with Gasteiger partial charge in [-0.25, -0.2) is 0 Å². The Hall–Kier alpha value is -0.0800. The van der Waals surface area contributed by atoms with Crippen LogP contribution < -0.4 is 10.6 Å². The Bertz CT molecular complexity index is 235. The Morgan fingerprint density at radius 3 is 2.38 bits per heavy atom. The van der Waals surface area contributed by atoms with Crippen LogP contribution in [0.15, 0.2) is 0 Å². The molecule has 0 spiro atoms. The third-order valence-electron chi connectivity index (χ3n) is 5.13. The molecule has 3 rings (SSSR count). The van der Waals surface area contributed by atoms with Crippen molar-refractivity contribution in [1.82, 2.24) is 10.6 Å². The van der Waals surface area contributed by atoms with Gasteiger partial charge in [0.2, 0.25) is 0 Å². The van der Waals surface area contributed by atoms with Gasteiger partial charge in [0.25, 0.3) is 0 Å². The van der Waals surface area contributed by atoms with E-state index in [-0.39, 0.29) is 0 Å². The van der Waals surface area contributed by atoms with Crippen LogP contribution in [0.1, 0.15) is 33.1 Å². The first-order valence-electron chi connectivity index (χ1n) is 7.21. The highest BCUT2D eigenvalue weighted by atomic mass is 15.0. The number of hydrogen-bond donors (Lipinski definition) is 2. The van der Waals surface area contributed by atoms with Crippen LogP contribution in [0.3, 0.4) is 0 Å². The van der Waals surface area contributed by atoms with Gasteiger partial charge in [0.05, 0.1) is 0 Å². The van der Waals surface area contributed by atoms with Crippen LogP contribution in [-0.4, -0.2) is 25.7 Å². The van der Waals surface area contributed by atoms with Crippen molar-refractivity contribution in [2.24, 2.45) is 29.6 Å². The van der Waals surface area contributed by atoms with Gasteiger partial charge in [0.15, 0.2) is 0 Å². The molecule has 3 fully saturated rings. The minimum absolute atomic E-state index is 0.623. The lowest BCUT2D eigenvalue weighted by atomic mass is 10.0. The number of rotatable bonds is 6. The van der Waals surface area contributed by atoms with Crippen molar-refractivity contribution in [3.05, 3.63) is 0 Å². The smallest absolute Gasteiger partial charge is 0.00790 e. The van der Waals surface area contributed by atoms with Crippen LogP contribution in [0.5, 0.6) is 0 Å². The normalized spacial score (nSPS) is 44.1. The van der Waals surface area contributed by atoms with Crippen molar-refractivity contribution in [2.75, 3.05) is 19.6 Å². The third-order valence-corrected chi connectivity index (χ3v) is 5.13. The Balaban J connectivity index is 1.31. The van der Waals surface area contributed by atoms with Gasteiger partial charge >= 0.3 is 0 Å². The summed E-state index contributed by atoms with van der Waals surface area (Å²) in [4.78, 5) is 0. The largest absolute Gasteiger partial charge is 0.315 e. The Labute approximate surface area is 99.6 Å². The van der Waals surface area contributed by atoms with E-state index in [1.54, 1.807) is 19.3 Å². The van der Waals surface area contributed by atoms with Gasteiger partial charge in [-0.2, -0.15) is 0 Å². The molecule has 0 radical (unpaired) electrons. The molecular formula is C14H26N2. The lowest BCUT2D eigenvalue weighted by Gasteiger charge is -2.11. The molecule has 0 aromatic heterocycles. The summed E-state index contributed by atoms with van der Waals surface area (Å²) in [6.45, 7) is 7.98. The van der Waals surface area contributed by atoms with Gasteiger partial charge < -0.3 is 10.6 Å². The van der Waals surface area contributed by atoms with Gasteiger partial charge in [-0.05, 0) is 55.4 Å². The maximum Gasteiger partial charge on any atom is 0.00790 e. The van der Waals surface area contributed by atoms with Crippen LogP contribution in [0.4, 0.5) is 0 Å². The minimum Gasteiger partial charge on any atom is -0.315 e. The average Bonchev–Trinajstić information content (AvgIpc) is 2.67. The summed E-state index contributed by atoms with van der Waals surface area (Å²) in [7, 11) is 0. The summed E-state index contributed by atoms with van der Waals surface area (Å²) in [5.41, 5.74) is 0. The molecule has 2 N–H and O–H groups in total. The van der Waals surface area contributed by atoms with Gasteiger partial charge in [-0.3, -0.25) is 0 Å². The minimum atomic E-state index is 0.623. The zero-order valence-electron chi connectivity index (χ0n) is 10.7. The van der Waals surface area contributed by atoms with E-state index in [1.807, 2.05) is 0 Å². The number of nitrogens with one attached hydrogen (secondary N) is 2. The maximum atomic E-state index is 3.64. The van der Waals surface area contributed by atoms with Gasteiger partial charge in [-0.1, -0.05) is 13.8 Å². The van der Waals surface area contributed by atoms with E-state index < -0.39 is 0 Å². The fraction of sp³-hybridized carbons (Fsp3) is 1.00. The predicted octanol–water partition coefficient (Wildman–Crippen LogP) is 1.87. The van der Waals surface area contributed by atoms with E-state index in [0.29, 0.717) is 6.04 Å². The molecule has 2 nitrogen and oxygen atoms in total. The lowest BCUT2D eigenvalue weighted by molar-refractivity contribution is 0.439. The molecular weight excluding hydrogens is 196 g/mol. The molecule has 3 aliphatic carbocycles. The number of fused-ring (bicyclic) bond motifs is 5. The molecule has 4 unspecified atom stereocenters. The lowest BCUT2D eigenvalue weighted by Crippen LogP contribution is -2.32. The van der Waals surface area contributed by atoms with Crippen LogP contribution in [0, 0.1) is 29.6 Å². The summed E-state index contributed by atoms with van der Waals surface area (Å²) in [5, 5.41) is 7.10. The fourth-order valence-electron chi connectivity index (χ4n) is 4.50. The van der Waals surface area contributed by atoms with Crippen molar-refractivity contribution in [2.45, 2.75) is 39.2 Å². The summed E-state index contributed by atoms with van der Waals surface area (Å²) < 4.78 is 0. The molecule has 2 bridgehead atoms. The SMILES string of the molecule is CC(C)NCCNCC1C2C3CCC(C3)C12. The Morgan fingerprint density at radius 1 is 1.06 bits per heavy atom. The average molecular weight is 222 g/mol. The second kappa shape index (κ2) is 4.30. The van der Waals surface area contributed by atoms with Gasteiger partial charge in [-0.15, -0.1) is 0 Å². The summed E-state index contributed by atoms with van der Waals surface area (Å²) in [6, 6.07) is 0.623. The standard InChI is InChI=1S/C14H26N2/c1-9(2)16-6-5-15-8-12-13-10-3-4-11(7-10)14(12)13/h9-16H,3-8H2,1-2H3. The van der Waals surface area contributed by atoms with Crippen molar-refractivity contribution in [3.63, 3.8) is 0 Å². The predicted molar refractivity (Wildman–Crippen MR) is 67.3 cm³/mol. The molecule has 0 heterocycles. The molecule has 92 valence electrons. The van der Waals surface area contributed by atoms with E-state index in [4.69, 9.17) is 0 Å². The highest BCUT2D eigenvalue weighted by molar-refractivity contribution is 5.13. The summed E-state index contributed by atoms with van der Waals surface area (Å²) in [6.07, 6.45) is 4.69.